The van der Waals surface area contributed by atoms with Crippen LogP contribution in [0.25, 0.3) is 0 Å². The Bertz CT molecular complexity index is 75.4. The van der Waals surface area contributed by atoms with Crippen molar-refractivity contribution in [1.82, 2.24) is 5.32 Å². The maximum absolute atomic E-state index is 5.46. The Morgan fingerprint density at radius 3 is 1.64 bits per heavy atom. The summed E-state index contributed by atoms with van der Waals surface area (Å²) in [4.78, 5) is 0. The van der Waals surface area contributed by atoms with Crippen molar-refractivity contribution in [3.63, 3.8) is 0 Å². The first-order valence-electron chi connectivity index (χ1n) is 4.31. The molecule has 0 aliphatic heterocycles. The molecule has 0 aromatic heterocycles. The number of rotatable bonds is 6. The molecule has 11 heavy (non-hydrogen) atoms. The van der Waals surface area contributed by atoms with Gasteiger partial charge in [-0.2, -0.15) is 0 Å². The van der Waals surface area contributed by atoms with Gasteiger partial charge in [0.15, 0.2) is 0 Å². The SMILES string of the molecule is CC(CN)CNCC(C)CN. The minimum atomic E-state index is 0.569. The predicted molar refractivity (Wildman–Crippen MR) is 49.3 cm³/mol. The molecule has 0 spiro atoms. The Balaban J connectivity index is 3.13. The van der Waals surface area contributed by atoms with Gasteiger partial charge >= 0.3 is 0 Å². The lowest BCUT2D eigenvalue weighted by molar-refractivity contribution is 0.468. The largest absolute Gasteiger partial charge is 0.330 e. The van der Waals surface area contributed by atoms with Gasteiger partial charge in [0.1, 0.15) is 0 Å². The fourth-order valence-corrected chi connectivity index (χ4v) is 0.743. The van der Waals surface area contributed by atoms with Crippen molar-refractivity contribution < 1.29 is 0 Å². The third kappa shape index (κ3) is 6.28. The van der Waals surface area contributed by atoms with Crippen molar-refractivity contribution in [2.75, 3.05) is 26.2 Å². The first kappa shape index (κ1) is 10.9. The second-order valence-electron chi connectivity index (χ2n) is 3.34. The molecule has 68 valence electrons. The van der Waals surface area contributed by atoms with E-state index in [0.29, 0.717) is 11.8 Å². The summed E-state index contributed by atoms with van der Waals surface area (Å²) >= 11 is 0. The fourth-order valence-electron chi connectivity index (χ4n) is 0.743. The first-order valence-corrected chi connectivity index (χ1v) is 4.31. The van der Waals surface area contributed by atoms with E-state index in [9.17, 15) is 0 Å². The minimum Gasteiger partial charge on any atom is -0.330 e. The minimum absolute atomic E-state index is 0.569. The van der Waals surface area contributed by atoms with Gasteiger partial charge in [-0.05, 0) is 38.0 Å². The third-order valence-electron chi connectivity index (χ3n) is 1.79. The molecule has 0 rings (SSSR count). The lowest BCUT2D eigenvalue weighted by Gasteiger charge is -2.12. The van der Waals surface area contributed by atoms with Crippen molar-refractivity contribution in [3.05, 3.63) is 0 Å². The number of hydrogen-bond donors (Lipinski definition) is 3. The highest BCUT2D eigenvalue weighted by Crippen LogP contribution is 1.90. The van der Waals surface area contributed by atoms with Gasteiger partial charge in [0.2, 0.25) is 0 Å². The second kappa shape index (κ2) is 6.58. The number of nitrogens with two attached hydrogens (primary N) is 2. The highest BCUT2D eigenvalue weighted by Gasteiger charge is 2.00. The van der Waals surface area contributed by atoms with Gasteiger partial charge in [0.05, 0.1) is 0 Å². The van der Waals surface area contributed by atoms with E-state index in [0.717, 1.165) is 26.2 Å². The van der Waals surface area contributed by atoms with Crippen molar-refractivity contribution >= 4 is 0 Å². The van der Waals surface area contributed by atoms with Gasteiger partial charge in [0, 0.05) is 0 Å². The van der Waals surface area contributed by atoms with E-state index in [1.165, 1.54) is 0 Å². The van der Waals surface area contributed by atoms with E-state index in [-0.39, 0.29) is 0 Å². The Morgan fingerprint density at radius 2 is 1.36 bits per heavy atom. The van der Waals surface area contributed by atoms with Gasteiger partial charge in [0.25, 0.3) is 0 Å². The quantitative estimate of drug-likeness (QED) is 0.501. The molecule has 5 N–H and O–H groups in total. The van der Waals surface area contributed by atoms with Crippen molar-refractivity contribution in [2.24, 2.45) is 23.3 Å². The monoisotopic (exact) mass is 159 g/mol. The molecule has 0 aliphatic rings. The van der Waals surface area contributed by atoms with E-state index >= 15 is 0 Å². The smallest absolute Gasteiger partial charge is 0.00110 e. The predicted octanol–water partition coefficient (Wildman–Crippen LogP) is -0.234. The van der Waals surface area contributed by atoms with Gasteiger partial charge < -0.3 is 16.8 Å². The summed E-state index contributed by atoms with van der Waals surface area (Å²) in [6, 6.07) is 0. The highest BCUT2D eigenvalue weighted by atomic mass is 14.9. The molecule has 0 bridgehead atoms. The van der Waals surface area contributed by atoms with Crippen LogP contribution < -0.4 is 16.8 Å². The maximum Gasteiger partial charge on any atom is -0.00110 e. The summed E-state index contributed by atoms with van der Waals surface area (Å²) in [5, 5.41) is 3.33. The summed E-state index contributed by atoms with van der Waals surface area (Å²) in [6.07, 6.45) is 0. The van der Waals surface area contributed by atoms with Crippen LogP contribution in [0.4, 0.5) is 0 Å². The molecule has 0 radical (unpaired) electrons. The normalized spacial score (nSPS) is 16.4. The second-order valence-corrected chi connectivity index (χ2v) is 3.34. The molecule has 0 amide bonds. The van der Waals surface area contributed by atoms with Crippen LogP contribution in [0.15, 0.2) is 0 Å². The molecule has 0 aliphatic carbocycles. The Labute approximate surface area is 69.5 Å². The molecule has 0 fully saturated rings. The van der Waals surface area contributed by atoms with Crippen molar-refractivity contribution in [1.29, 1.82) is 0 Å². The third-order valence-corrected chi connectivity index (χ3v) is 1.79. The van der Waals surface area contributed by atoms with E-state index in [1.54, 1.807) is 0 Å². The average Bonchev–Trinajstić information content (AvgIpc) is 2.04. The summed E-state index contributed by atoms with van der Waals surface area (Å²) in [5.74, 6) is 1.14. The Hall–Kier alpha value is -0.120. The first-order chi connectivity index (χ1) is 5.20. The Morgan fingerprint density at radius 1 is 1.00 bits per heavy atom. The molecule has 0 aromatic carbocycles. The van der Waals surface area contributed by atoms with Crippen LogP contribution in [0.2, 0.25) is 0 Å². The summed E-state index contributed by atoms with van der Waals surface area (Å²) in [7, 11) is 0. The van der Waals surface area contributed by atoms with Crippen LogP contribution in [-0.4, -0.2) is 26.2 Å². The summed E-state index contributed by atoms with van der Waals surface area (Å²) in [5.41, 5.74) is 10.9. The number of hydrogen-bond acceptors (Lipinski definition) is 3. The molecule has 3 nitrogen and oxygen atoms in total. The topological polar surface area (TPSA) is 64.1 Å². The van der Waals surface area contributed by atoms with Crippen LogP contribution in [0, 0.1) is 11.8 Å². The molecule has 3 heteroatoms. The fraction of sp³-hybridized carbons (Fsp3) is 1.00. The van der Waals surface area contributed by atoms with Gasteiger partial charge in [-0.3, -0.25) is 0 Å². The van der Waals surface area contributed by atoms with Crippen LogP contribution in [0.3, 0.4) is 0 Å². The number of nitrogens with one attached hydrogen (secondary N) is 1. The maximum atomic E-state index is 5.46. The summed E-state index contributed by atoms with van der Waals surface area (Å²) in [6.45, 7) is 7.79. The zero-order valence-corrected chi connectivity index (χ0v) is 7.64. The van der Waals surface area contributed by atoms with Crippen molar-refractivity contribution in [3.8, 4) is 0 Å². The van der Waals surface area contributed by atoms with Crippen molar-refractivity contribution in [2.45, 2.75) is 13.8 Å². The molecule has 0 heterocycles. The van der Waals surface area contributed by atoms with E-state index in [1.807, 2.05) is 0 Å². The molecule has 0 saturated carbocycles. The highest BCUT2D eigenvalue weighted by molar-refractivity contribution is 4.60. The molecule has 2 atom stereocenters. The Kier molecular flexibility index (Phi) is 6.51. The van der Waals surface area contributed by atoms with Crippen LogP contribution in [0.5, 0.6) is 0 Å². The lowest BCUT2D eigenvalue weighted by Crippen LogP contribution is -2.31. The zero-order chi connectivity index (χ0) is 8.69. The molecule has 0 saturated heterocycles. The van der Waals surface area contributed by atoms with Crippen LogP contribution >= 0.6 is 0 Å². The van der Waals surface area contributed by atoms with Gasteiger partial charge in [-0.1, -0.05) is 13.8 Å². The summed E-state index contributed by atoms with van der Waals surface area (Å²) < 4.78 is 0. The zero-order valence-electron chi connectivity index (χ0n) is 7.64. The van der Waals surface area contributed by atoms with E-state index in [4.69, 9.17) is 11.5 Å². The molecular weight excluding hydrogens is 138 g/mol. The average molecular weight is 159 g/mol. The molecule has 0 aromatic rings. The lowest BCUT2D eigenvalue weighted by atomic mass is 10.1. The van der Waals surface area contributed by atoms with Gasteiger partial charge in [-0.15, -0.1) is 0 Å². The molecule has 2 unspecified atom stereocenters. The van der Waals surface area contributed by atoms with Gasteiger partial charge in [-0.25, -0.2) is 0 Å². The van der Waals surface area contributed by atoms with Crippen LogP contribution in [0.1, 0.15) is 13.8 Å². The van der Waals surface area contributed by atoms with E-state index < -0.39 is 0 Å². The molecular formula is C8H21N3. The van der Waals surface area contributed by atoms with Crippen LogP contribution in [-0.2, 0) is 0 Å². The van der Waals surface area contributed by atoms with E-state index in [2.05, 4.69) is 19.2 Å². The standard InChI is InChI=1S/C8H21N3/c1-7(3-9)5-11-6-8(2)4-10/h7-8,11H,3-6,9-10H2,1-2H3.